The van der Waals surface area contributed by atoms with Gasteiger partial charge >= 0.3 is 0 Å². The van der Waals surface area contributed by atoms with Crippen molar-refractivity contribution in [3.63, 3.8) is 0 Å². The van der Waals surface area contributed by atoms with E-state index in [2.05, 4.69) is 18.4 Å². The summed E-state index contributed by atoms with van der Waals surface area (Å²) < 4.78 is 11.3. The van der Waals surface area contributed by atoms with Gasteiger partial charge < -0.3 is 20.9 Å². The highest BCUT2D eigenvalue weighted by molar-refractivity contribution is 5.81. The third kappa shape index (κ3) is 6.25. The lowest BCUT2D eigenvalue weighted by molar-refractivity contribution is -0.118. The number of nitrogens with zero attached hydrogens (tertiary/aromatic N) is 2. The fourth-order valence-corrected chi connectivity index (χ4v) is 3.30. The summed E-state index contributed by atoms with van der Waals surface area (Å²) in [5.74, 6) is 1.08. The van der Waals surface area contributed by atoms with Crippen LogP contribution >= 0.6 is 0 Å². The van der Waals surface area contributed by atoms with E-state index in [1.54, 1.807) is 5.01 Å². The molecule has 1 aliphatic rings. The molecule has 0 radical (unpaired) electrons. The first-order valence-electron chi connectivity index (χ1n) is 10.5. The van der Waals surface area contributed by atoms with E-state index in [0.717, 1.165) is 36.1 Å². The molecule has 1 aliphatic heterocycles. The second kappa shape index (κ2) is 11.6. The summed E-state index contributed by atoms with van der Waals surface area (Å²) in [6.07, 6.45) is 2.71. The molecule has 1 amide bonds. The van der Waals surface area contributed by atoms with Crippen molar-refractivity contribution in [2.45, 2.75) is 39.5 Å². The molecule has 0 unspecified atom stereocenters. The van der Waals surface area contributed by atoms with Crippen molar-refractivity contribution in [3.05, 3.63) is 54.1 Å². The van der Waals surface area contributed by atoms with Crippen LogP contribution in [0.3, 0.4) is 0 Å². The predicted octanol–water partition coefficient (Wildman–Crippen LogP) is 4.36. The van der Waals surface area contributed by atoms with E-state index in [9.17, 15) is 4.79 Å². The molecule has 0 aromatic heterocycles. The van der Waals surface area contributed by atoms with Crippen LogP contribution in [-0.4, -0.2) is 25.8 Å². The number of anilines is 2. The Kier molecular flexibility index (Phi) is 8.94. The Morgan fingerprint density at radius 3 is 2.48 bits per heavy atom. The standard InChI is InChI=1S/C22H26N4O3.C2H6/c1-15(19-13-17(23)8-7-16(19)5-3-4-6-22(24)27)26(25-2)18-9-10-20-21(14-18)29-12-11-28-20;1-2/h7-10,13-14H,1-6,11-12,23H2,(H2,24,27);1-2H3. The van der Waals surface area contributed by atoms with E-state index in [0.29, 0.717) is 42.5 Å². The molecular formula is C24H32N4O3. The van der Waals surface area contributed by atoms with Crippen LogP contribution in [0, 0.1) is 0 Å². The maximum atomic E-state index is 11.0. The number of nitrogens with two attached hydrogens (primary N) is 2. The number of primary amides is 1. The van der Waals surface area contributed by atoms with E-state index >= 15 is 0 Å². The average Bonchev–Trinajstić information content (AvgIpc) is 2.79. The lowest BCUT2D eigenvalue weighted by Crippen LogP contribution is -2.18. The second-order valence-corrected chi connectivity index (χ2v) is 6.82. The molecule has 7 heteroatoms. The van der Waals surface area contributed by atoms with Crippen LogP contribution in [0.25, 0.3) is 5.70 Å². The molecule has 0 aliphatic carbocycles. The number of carbonyl (C=O) groups excluding carboxylic acids is 1. The van der Waals surface area contributed by atoms with E-state index in [1.165, 1.54) is 0 Å². The number of rotatable bonds is 9. The largest absolute Gasteiger partial charge is 0.486 e. The van der Waals surface area contributed by atoms with E-state index in [1.807, 2.05) is 50.2 Å². The van der Waals surface area contributed by atoms with Gasteiger partial charge in [0.25, 0.3) is 0 Å². The van der Waals surface area contributed by atoms with E-state index in [4.69, 9.17) is 20.9 Å². The topological polar surface area (TPSA) is 103 Å². The van der Waals surface area contributed by atoms with Crippen molar-refractivity contribution < 1.29 is 14.3 Å². The van der Waals surface area contributed by atoms with Crippen LogP contribution in [-0.2, 0) is 11.2 Å². The molecule has 2 aromatic carbocycles. The zero-order chi connectivity index (χ0) is 22.8. The molecule has 2 aromatic rings. The molecule has 4 N–H and O–H groups in total. The fourth-order valence-electron chi connectivity index (χ4n) is 3.30. The molecule has 166 valence electrons. The number of hydrogen-bond acceptors (Lipinski definition) is 6. The maximum absolute atomic E-state index is 11.0. The Balaban J connectivity index is 0.00000166. The van der Waals surface area contributed by atoms with Crippen molar-refractivity contribution in [1.29, 1.82) is 0 Å². The van der Waals surface area contributed by atoms with Gasteiger partial charge in [-0.25, -0.2) is 5.01 Å². The zero-order valence-electron chi connectivity index (χ0n) is 18.4. The SMILES string of the molecule is C=NN(C(=C)c1cc(N)ccc1CCCCC(N)=O)c1ccc2c(c1)OCCO2.CC. The average molecular weight is 425 g/mol. The smallest absolute Gasteiger partial charge is 0.217 e. The number of carbonyl (C=O) groups is 1. The number of nitrogen functional groups attached to an aromatic ring is 1. The summed E-state index contributed by atoms with van der Waals surface area (Å²) in [7, 11) is 0. The van der Waals surface area contributed by atoms with Crippen LogP contribution in [0.4, 0.5) is 11.4 Å². The maximum Gasteiger partial charge on any atom is 0.217 e. The van der Waals surface area contributed by atoms with Crippen molar-refractivity contribution in [1.82, 2.24) is 0 Å². The number of benzene rings is 2. The Bertz CT molecular complexity index is 927. The molecule has 0 atom stereocenters. The van der Waals surface area contributed by atoms with Gasteiger partial charge in [0.15, 0.2) is 11.5 Å². The first-order valence-corrected chi connectivity index (χ1v) is 10.5. The highest BCUT2D eigenvalue weighted by atomic mass is 16.6. The van der Waals surface area contributed by atoms with Crippen molar-refractivity contribution in [2.75, 3.05) is 24.0 Å². The number of unbranched alkanes of at least 4 members (excludes halogenated alkanes) is 1. The Morgan fingerprint density at radius 2 is 1.81 bits per heavy atom. The number of fused-ring (bicyclic) bond motifs is 1. The molecule has 1 heterocycles. The molecule has 0 bridgehead atoms. The monoisotopic (exact) mass is 424 g/mol. The number of amides is 1. The first-order chi connectivity index (χ1) is 15.0. The van der Waals surface area contributed by atoms with Gasteiger partial charge in [-0.3, -0.25) is 4.79 Å². The van der Waals surface area contributed by atoms with Gasteiger partial charge in [0, 0.05) is 30.5 Å². The summed E-state index contributed by atoms with van der Waals surface area (Å²) in [5, 5.41) is 5.81. The summed E-state index contributed by atoms with van der Waals surface area (Å²) in [5.41, 5.74) is 15.2. The van der Waals surface area contributed by atoms with E-state index in [-0.39, 0.29) is 5.91 Å². The van der Waals surface area contributed by atoms with Gasteiger partial charge in [-0.2, -0.15) is 5.10 Å². The zero-order valence-corrected chi connectivity index (χ0v) is 18.4. The van der Waals surface area contributed by atoms with Crippen LogP contribution in [0.1, 0.15) is 44.2 Å². The number of hydrazone groups is 1. The van der Waals surface area contributed by atoms with Crippen LogP contribution in [0.2, 0.25) is 0 Å². The van der Waals surface area contributed by atoms with Gasteiger partial charge in [-0.1, -0.05) is 26.5 Å². The molecule has 3 rings (SSSR count). The molecule has 0 fully saturated rings. The summed E-state index contributed by atoms with van der Waals surface area (Å²) in [6.45, 7) is 13.0. The predicted molar refractivity (Wildman–Crippen MR) is 127 cm³/mol. The number of aryl methyl sites for hydroxylation is 1. The number of hydrogen-bond donors (Lipinski definition) is 2. The highest BCUT2D eigenvalue weighted by Gasteiger charge is 2.18. The Morgan fingerprint density at radius 1 is 1.10 bits per heavy atom. The number of ether oxygens (including phenoxy) is 2. The highest BCUT2D eigenvalue weighted by Crippen LogP contribution is 2.37. The minimum atomic E-state index is -0.285. The quantitative estimate of drug-likeness (QED) is 0.269. The third-order valence-electron chi connectivity index (χ3n) is 4.73. The normalized spacial score (nSPS) is 11.7. The molecule has 31 heavy (non-hydrogen) atoms. The van der Waals surface area contributed by atoms with Gasteiger partial charge in [0.05, 0.1) is 11.4 Å². The van der Waals surface area contributed by atoms with Crippen LogP contribution in [0.15, 0.2) is 48.1 Å². The molecule has 0 saturated carbocycles. The fraction of sp³-hybridized carbons (Fsp3) is 0.333. The lowest BCUT2D eigenvalue weighted by Gasteiger charge is -2.25. The molecular weight excluding hydrogens is 392 g/mol. The van der Waals surface area contributed by atoms with Crippen molar-refractivity contribution in [3.8, 4) is 11.5 Å². The molecule has 0 spiro atoms. The minimum absolute atomic E-state index is 0.285. The third-order valence-corrected chi connectivity index (χ3v) is 4.73. The minimum Gasteiger partial charge on any atom is -0.486 e. The lowest BCUT2D eigenvalue weighted by atomic mass is 9.98. The molecule has 7 nitrogen and oxygen atoms in total. The second-order valence-electron chi connectivity index (χ2n) is 6.82. The van der Waals surface area contributed by atoms with Crippen LogP contribution < -0.4 is 25.9 Å². The van der Waals surface area contributed by atoms with Gasteiger partial charge in [-0.05, 0) is 49.1 Å². The van der Waals surface area contributed by atoms with E-state index < -0.39 is 0 Å². The summed E-state index contributed by atoms with van der Waals surface area (Å²) in [4.78, 5) is 11.0. The first kappa shape index (κ1) is 23.8. The summed E-state index contributed by atoms with van der Waals surface area (Å²) >= 11 is 0. The van der Waals surface area contributed by atoms with Crippen LogP contribution in [0.5, 0.6) is 11.5 Å². The van der Waals surface area contributed by atoms with Crippen molar-refractivity contribution >= 4 is 29.7 Å². The van der Waals surface area contributed by atoms with Crippen molar-refractivity contribution in [2.24, 2.45) is 10.8 Å². The molecule has 0 saturated heterocycles. The summed E-state index contributed by atoms with van der Waals surface area (Å²) in [6, 6.07) is 11.3. The Hall–Kier alpha value is -3.48. The van der Waals surface area contributed by atoms with Gasteiger partial charge in [0.2, 0.25) is 5.91 Å². The van der Waals surface area contributed by atoms with Gasteiger partial charge in [0.1, 0.15) is 13.2 Å². The Labute approximate surface area is 184 Å². The van der Waals surface area contributed by atoms with Gasteiger partial charge in [-0.15, -0.1) is 0 Å².